The minimum Gasteiger partial charge on any atom is -0.496 e. The van der Waals surface area contributed by atoms with Gasteiger partial charge < -0.3 is 14.4 Å². The molecule has 0 aliphatic carbocycles. The van der Waals surface area contributed by atoms with E-state index in [9.17, 15) is 9.50 Å². The van der Waals surface area contributed by atoms with E-state index >= 15 is 0 Å². The summed E-state index contributed by atoms with van der Waals surface area (Å²) in [5.41, 5.74) is -1.23. The summed E-state index contributed by atoms with van der Waals surface area (Å²) >= 11 is 0. The molecular formula is C15H19FN2O2. The lowest BCUT2D eigenvalue weighted by Crippen LogP contribution is -2.28. The molecule has 1 heterocycles. The molecule has 1 aromatic heterocycles. The highest BCUT2D eigenvalue weighted by Crippen LogP contribution is 2.34. The van der Waals surface area contributed by atoms with Gasteiger partial charge in [-0.1, -0.05) is 6.07 Å². The highest BCUT2D eigenvalue weighted by Gasteiger charge is 2.32. The third-order valence-corrected chi connectivity index (χ3v) is 3.38. The van der Waals surface area contributed by atoms with Crippen molar-refractivity contribution in [3.05, 3.63) is 47.8 Å². The van der Waals surface area contributed by atoms with E-state index in [-0.39, 0.29) is 12.0 Å². The molecule has 0 fully saturated rings. The van der Waals surface area contributed by atoms with E-state index in [1.54, 1.807) is 25.3 Å². The highest BCUT2D eigenvalue weighted by molar-refractivity contribution is 5.39. The van der Waals surface area contributed by atoms with Crippen LogP contribution in [0.25, 0.3) is 0 Å². The zero-order valence-electron chi connectivity index (χ0n) is 11.9. The second-order valence-corrected chi connectivity index (χ2v) is 4.90. The average molecular weight is 278 g/mol. The zero-order valence-corrected chi connectivity index (χ0v) is 11.9. The number of aromatic nitrogens is 2. The number of aryl methyl sites for hydroxylation is 1. The number of halogens is 1. The Kier molecular flexibility index (Phi) is 4.09. The van der Waals surface area contributed by atoms with E-state index < -0.39 is 11.4 Å². The van der Waals surface area contributed by atoms with Crippen LogP contribution in [0.5, 0.6) is 5.75 Å². The van der Waals surface area contributed by atoms with E-state index in [2.05, 4.69) is 4.98 Å². The van der Waals surface area contributed by atoms with Gasteiger partial charge in [-0.2, -0.15) is 0 Å². The molecule has 20 heavy (non-hydrogen) atoms. The maximum absolute atomic E-state index is 14.1. The molecule has 1 N–H and O–H groups in total. The number of aliphatic hydroxyl groups is 1. The van der Waals surface area contributed by atoms with Gasteiger partial charge in [0.25, 0.3) is 0 Å². The monoisotopic (exact) mass is 278 g/mol. The first-order valence-corrected chi connectivity index (χ1v) is 6.55. The first-order valence-electron chi connectivity index (χ1n) is 6.55. The summed E-state index contributed by atoms with van der Waals surface area (Å²) in [6.45, 7) is 4.31. The second kappa shape index (κ2) is 5.63. The number of nitrogens with zero attached hydrogens (tertiary/aromatic N) is 2. The van der Waals surface area contributed by atoms with Crippen molar-refractivity contribution in [2.24, 2.45) is 0 Å². The van der Waals surface area contributed by atoms with Crippen LogP contribution in [0.1, 0.15) is 25.2 Å². The lowest BCUT2D eigenvalue weighted by atomic mass is 9.90. The summed E-state index contributed by atoms with van der Waals surface area (Å²) in [6.07, 6.45) is 3.72. The molecule has 0 aliphatic rings. The van der Waals surface area contributed by atoms with Gasteiger partial charge in [-0.15, -0.1) is 0 Å². The Morgan fingerprint density at radius 1 is 1.45 bits per heavy atom. The molecule has 1 atom stereocenters. The van der Waals surface area contributed by atoms with Gasteiger partial charge in [0.05, 0.1) is 12.7 Å². The van der Waals surface area contributed by atoms with Gasteiger partial charge in [-0.05, 0) is 26.0 Å². The molecule has 0 aliphatic heterocycles. The zero-order chi connectivity index (χ0) is 14.8. The van der Waals surface area contributed by atoms with Crippen molar-refractivity contribution in [1.82, 2.24) is 9.55 Å². The fraction of sp³-hybridized carbons (Fsp3) is 0.400. The molecule has 2 rings (SSSR count). The third kappa shape index (κ3) is 2.67. The van der Waals surface area contributed by atoms with Gasteiger partial charge in [0.1, 0.15) is 23.0 Å². The lowest BCUT2D eigenvalue weighted by Gasteiger charge is -2.26. The highest BCUT2D eigenvalue weighted by atomic mass is 19.1. The van der Waals surface area contributed by atoms with Crippen LogP contribution in [0, 0.1) is 5.82 Å². The van der Waals surface area contributed by atoms with E-state index in [0.29, 0.717) is 11.6 Å². The molecule has 0 saturated carbocycles. The van der Waals surface area contributed by atoms with E-state index in [1.165, 1.54) is 13.2 Å². The lowest BCUT2D eigenvalue weighted by molar-refractivity contribution is 0.0481. The predicted molar refractivity (Wildman–Crippen MR) is 74.1 cm³/mol. The smallest absolute Gasteiger partial charge is 0.133 e. The quantitative estimate of drug-likeness (QED) is 0.914. The maximum atomic E-state index is 14.1. The van der Waals surface area contributed by atoms with Gasteiger partial charge in [0, 0.05) is 25.4 Å². The van der Waals surface area contributed by atoms with Gasteiger partial charge in [-0.3, -0.25) is 0 Å². The minimum atomic E-state index is -1.39. The molecule has 0 amide bonds. The number of hydrogen-bond donors (Lipinski definition) is 1. The number of ether oxygens (including phenoxy) is 1. The SMILES string of the molecule is CCn1ccnc1CC(C)(O)c1c(F)cccc1OC. The maximum Gasteiger partial charge on any atom is 0.133 e. The molecule has 0 bridgehead atoms. The molecule has 0 radical (unpaired) electrons. The molecular weight excluding hydrogens is 259 g/mol. The minimum absolute atomic E-state index is 0.160. The van der Waals surface area contributed by atoms with Crippen molar-refractivity contribution in [2.75, 3.05) is 7.11 Å². The second-order valence-electron chi connectivity index (χ2n) is 4.90. The molecule has 0 spiro atoms. The van der Waals surface area contributed by atoms with Crippen molar-refractivity contribution >= 4 is 0 Å². The van der Waals surface area contributed by atoms with Crippen LogP contribution in [0.2, 0.25) is 0 Å². The fourth-order valence-electron chi connectivity index (χ4n) is 2.39. The third-order valence-electron chi connectivity index (χ3n) is 3.38. The largest absolute Gasteiger partial charge is 0.496 e. The van der Waals surface area contributed by atoms with Crippen molar-refractivity contribution in [3.8, 4) is 5.75 Å². The molecule has 2 aromatic rings. The van der Waals surface area contributed by atoms with E-state index in [4.69, 9.17) is 4.74 Å². The summed E-state index contributed by atoms with van der Waals surface area (Å²) in [5, 5.41) is 10.7. The fourth-order valence-corrected chi connectivity index (χ4v) is 2.39. The Balaban J connectivity index is 2.40. The Labute approximate surface area is 117 Å². The normalized spacial score (nSPS) is 14.1. The number of benzene rings is 1. The number of methoxy groups -OCH3 is 1. The van der Waals surface area contributed by atoms with Crippen LogP contribution >= 0.6 is 0 Å². The van der Waals surface area contributed by atoms with Crippen LogP contribution in [0.4, 0.5) is 4.39 Å². The average Bonchev–Trinajstić information content (AvgIpc) is 2.84. The molecule has 4 nitrogen and oxygen atoms in total. The first-order chi connectivity index (χ1) is 9.49. The van der Waals surface area contributed by atoms with Crippen LogP contribution in [-0.2, 0) is 18.6 Å². The summed E-state index contributed by atoms with van der Waals surface area (Å²) in [7, 11) is 1.46. The summed E-state index contributed by atoms with van der Waals surface area (Å²) in [6, 6.07) is 4.51. The topological polar surface area (TPSA) is 47.3 Å². The van der Waals surface area contributed by atoms with Crippen LogP contribution in [0.15, 0.2) is 30.6 Å². The summed E-state index contributed by atoms with van der Waals surface area (Å²) in [4.78, 5) is 4.22. The standard InChI is InChI=1S/C15H19FN2O2/c1-4-18-9-8-17-13(18)10-15(2,19)14-11(16)6-5-7-12(14)20-3/h5-9,19H,4,10H2,1-3H3. The Morgan fingerprint density at radius 2 is 2.20 bits per heavy atom. The van der Waals surface area contributed by atoms with Crippen molar-refractivity contribution in [1.29, 1.82) is 0 Å². The van der Waals surface area contributed by atoms with Gasteiger partial charge >= 0.3 is 0 Å². The van der Waals surface area contributed by atoms with Gasteiger partial charge in [-0.25, -0.2) is 9.37 Å². The Bertz CT molecular complexity index is 593. The molecule has 1 unspecified atom stereocenters. The Morgan fingerprint density at radius 3 is 2.85 bits per heavy atom. The van der Waals surface area contributed by atoms with Crippen molar-refractivity contribution in [2.45, 2.75) is 32.4 Å². The molecule has 1 aromatic carbocycles. The predicted octanol–water partition coefficient (Wildman–Crippen LogP) is 2.50. The summed E-state index contributed by atoms with van der Waals surface area (Å²) < 4.78 is 21.2. The first kappa shape index (κ1) is 14.5. The van der Waals surface area contributed by atoms with Crippen LogP contribution in [0.3, 0.4) is 0 Å². The van der Waals surface area contributed by atoms with Gasteiger partial charge in [0.2, 0.25) is 0 Å². The molecule has 5 heteroatoms. The number of imidazole rings is 1. The Hall–Kier alpha value is -1.88. The number of rotatable bonds is 5. The van der Waals surface area contributed by atoms with Crippen molar-refractivity contribution < 1.29 is 14.2 Å². The van der Waals surface area contributed by atoms with E-state index in [1.807, 2.05) is 17.7 Å². The van der Waals surface area contributed by atoms with Crippen LogP contribution < -0.4 is 4.74 Å². The molecule has 0 saturated heterocycles. The van der Waals surface area contributed by atoms with Crippen LogP contribution in [-0.4, -0.2) is 21.8 Å². The summed E-state index contributed by atoms with van der Waals surface area (Å²) in [5.74, 6) is 0.566. The number of hydrogen-bond acceptors (Lipinski definition) is 3. The van der Waals surface area contributed by atoms with E-state index in [0.717, 1.165) is 6.54 Å². The van der Waals surface area contributed by atoms with Gasteiger partial charge in [0.15, 0.2) is 0 Å². The molecule has 108 valence electrons. The van der Waals surface area contributed by atoms with Crippen molar-refractivity contribution in [3.63, 3.8) is 0 Å².